The number of nitro benzene ring substituents is 1. The quantitative estimate of drug-likeness (QED) is 0.662. The Balaban J connectivity index is 2.08. The Hall–Kier alpha value is -1.66. The van der Waals surface area contributed by atoms with Crippen molar-refractivity contribution >= 4 is 5.69 Å². The maximum absolute atomic E-state index is 10.8. The molecule has 20 heavy (non-hydrogen) atoms. The van der Waals surface area contributed by atoms with Crippen LogP contribution in [0.15, 0.2) is 18.2 Å². The molecule has 0 amide bonds. The molecule has 6 nitrogen and oxygen atoms in total. The lowest BCUT2D eigenvalue weighted by Gasteiger charge is -2.16. The Morgan fingerprint density at radius 3 is 2.85 bits per heavy atom. The molecule has 1 aliphatic rings. The van der Waals surface area contributed by atoms with Crippen LogP contribution in [-0.4, -0.2) is 28.8 Å². The summed E-state index contributed by atoms with van der Waals surface area (Å²) in [5, 5.41) is 20.5. The third-order valence-corrected chi connectivity index (χ3v) is 3.40. The fourth-order valence-electron chi connectivity index (χ4n) is 2.30. The van der Waals surface area contributed by atoms with Gasteiger partial charge in [0.25, 0.3) is 5.69 Å². The smallest absolute Gasteiger partial charge is 0.270 e. The molecule has 6 heteroatoms. The van der Waals surface area contributed by atoms with Gasteiger partial charge in [-0.15, -0.1) is 0 Å². The molecule has 1 N–H and O–H groups in total. The van der Waals surface area contributed by atoms with Crippen LogP contribution >= 0.6 is 0 Å². The minimum Gasteiger partial charge on any atom is -0.490 e. The van der Waals surface area contributed by atoms with Gasteiger partial charge in [-0.2, -0.15) is 0 Å². The number of nitrogens with zero attached hydrogens (tertiary/aromatic N) is 1. The zero-order chi connectivity index (χ0) is 14.7. The molecular formula is C14H19NO5. The zero-order valence-corrected chi connectivity index (χ0v) is 11.6. The Morgan fingerprint density at radius 2 is 2.30 bits per heavy atom. The molecule has 1 aromatic rings. The van der Waals surface area contributed by atoms with Gasteiger partial charge < -0.3 is 14.6 Å². The van der Waals surface area contributed by atoms with E-state index in [4.69, 9.17) is 9.47 Å². The minimum atomic E-state index is -0.826. The van der Waals surface area contributed by atoms with E-state index in [0.29, 0.717) is 17.9 Å². The second-order valence-electron chi connectivity index (χ2n) is 5.11. The van der Waals surface area contributed by atoms with Gasteiger partial charge in [0.15, 0.2) is 0 Å². The molecule has 1 saturated heterocycles. The van der Waals surface area contributed by atoms with E-state index < -0.39 is 11.0 Å². The highest BCUT2D eigenvalue weighted by Crippen LogP contribution is 2.30. The van der Waals surface area contributed by atoms with E-state index in [1.165, 1.54) is 18.2 Å². The molecule has 3 unspecified atom stereocenters. The van der Waals surface area contributed by atoms with E-state index in [9.17, 15) is 15.2 Å². The SMILES string of the molecule is CC1CCC(COc2ccc([N+](=O)[O-])cc2C(C)O)O1. The average molecular weight is 281 g/mol. The van der Waals surface area contributed by atoms with E-state index in [-0.39, 0.29) is 17.9 Å². The lowest BCUT2D eigenvalue weighted by atomic mass is 10.1. The number of rotatable bonds is 5. The maximum atomic E-state index is 10.8. The predicted molar refractivity (Wildman–Crippen MR) is 72.8 cm³/mol. The van der Waals surface area contributed by atoms with Gasteiger partial charge in [-0.3, -0.25) is 10.1 Å². The van der Waals surface area contributed by atoms with Gasteiger partial charge >= 0.3 is 0 Å². The number of nitro groups is 1. The second-order valence-corrected chi connectivity index (χ2v) is 5.11. The van der Waals surface area contributed by atoms with Gasteiger partial charge in [-0.25, -0.2) is 0 Å². The van der Waals surface area contributed by atoms with Gasteiger partial charge in [0.1, 0.15) is 12.4 Å². The Morgan fingerprint density at radius 1 is 1.55 bits per heavy atom. The number of ether oxygens (including phenoxy) is 2. The summed E-state index contributed by atoms with van der Waals surface area (Å²) in [7, 11) is 0. The molecule has 0 aromatic heterocycles. The van der Waals surface area contributed by atoms with Crippen molar-refractivity contribution in [2.45, 2.75) is 45.0 Å². The molecule has 1 heterocycles. The molecule has 1 fully saturated rings. The van der Waals surface area contributed by atoms with E-state index in [2.05, 4.69) is 0 Å². The number of non-ortho nitro benzene ring substituents is 1. The molecular weight excluding hydrogens is 262 g/mol. The zero-order valence-electron chi connectivity index (χ0n) is 11.6. The fraction of sp³-hybridized carbons (Fsp3) is 0.571. The molecule has 1 aliphatic heterocycles. The Labute approximate surface area is 117 Å². The van der Waals surface area contributed by atoms with Crippen LogP contribution in [-0.2, 0) is 4.74 Å². The summed E-state index contributed by atoms with van der Waals surface area (Å²) in [6, 6.07) is 4.25. The van der Waals surface area contributed by atoms with Gasteiger partial charge in [-0.05, 0) is 32.8 Å². The molecule has 0 saturated carbocycles. The Kier molecular flexibility index (Phi) is 4.57. The average Bonchev–Trinajstić information content (AvgIpc) is 2.81. The first-order valence-electron chi connectivity index (χ1n) is 6.72. The first-order valence-corrected chi connectivity index (χ1v) is 6.72. The van der Waals surface area contributed by atoms with Crippen LogP contribution in [0.3, 0.4) is 0 Å². The minimum absolute atomic E-state index is 0.0436. The molecule has 0 aliphatic carbocycles. The van der Waals surface area contributed by atoms with Gasteiger partial charge in [0, 0.05) is 17.7 Å². The van der Waals surface area contributed by atoms with Crippen molar-refractivity contribution in [3.8, 4) is 5.75 Å². The van der Waals surface area contributed by atoms with E-state index in [0.717, 1.165) is 12.8 Å². The predicted octanol–water partition coefficient (Wildman–Crippen LogP) is 2.59. The summed E-state index contributed by atoms with van der Waals surface area (Å²) in [6.45, 7) is 3.97. The molecule has 0 radical (unpaired) electrons. The topological polar surface area (TPSA) is 81.8 Å². The van der Waals surface area contributed by atoms with Crippen LogP contribution in [0.25, 0.3) is 0 Å². The van der Waals surface area contributed by atoms with Crippen molar-refractivity contribution in [2.24, 2.45) is 0 Å². The van der Waals surface area contributed by atoms with Crippen molar-refractivity contribution in [1.29, 1.82) is 0 Å². The van der Waals surface area contributed by atoms with E-state index >= 15 is 0 Å². The summed E-state index contributed by atoms with van der Waals surface area (Å²) in [5.74, 6) is 0.466. The van der Waals surface area contributed by atoms with Crippen LogP contribution in [0, 0.1) is 10.1 Å². The first kappa shape index (κ1) is 14.7. The largest absolute Gasteiger partial charge is 0.490 e. The van der Waals surface area contributed by atoms with Crippen molar-refractivity contribution in [3.63, 3.8) is 0 Å². The number of hydrogen-bond acceptors (Lipinski definition) is 5. The van der Waals surface area contributed by atoms with E-state index in [1.807, 2.05) is 6.92 Å². The van der Waals surface area contributed by atoms with Crippen LogP contribution in [0.2, 0.25) is 0 Å². The van der Waals surface area contributed by atoms with Crippen molar-refractivity contribution in [3.05, 3.63) is 33.9 Å². The third-order valence-electron chi connectivity index (χ3n) is 3.40. The number of aliphatic hydroxyl groups excluding tert-OH is 1. The van der Waals surface area contributed by atoms with Crippen LogP contribution in [0.1, 0.15) is 38.4 Å². The third kappa shape index (κ3) is 3.46. The van der Waals surface area contributed by atoms with Crippen molar-refractivity contribution in [2.75, 3.05) is 6.61 Å². The standard InChI is InChI=1S/C14H19NO5/c1-9-3-5-12(20-9)8-19-14-6-4-11(15(17)18)7-13(14)10(2)16/h4,6-7,9-10,12,16H,3,5,8H2,1-2H3. The Bertz CT molecular complexity index is 488. The number of benzene rings is 1. The highest BCUT2D eigenvalue weighted by molar-refractivity contribution is 5.44. The second kappa shape index (κ2) is 6.19. The maximum Gasteiger partial charge on any atom is 0.270 e. The number of aliphatic hydroxyl groups is 1. The van der Waals surface area contributed by atoms with E-state index in [1.54, 1.807) is 6.92 Å². The molecule has 0 bridgehead atoms. The highest BCUT2D eigenvalue weighted by atomic mass is 16.6. The summed E-state index contributed by atoms with van der Waals surface area (Å²) in [5.41, 5.74) is 0.365. The highest BCUT2D eigenvalue weighted by Gasteiger charge is 2.23. The molecule has 3 atom stereocenters. The van der Waals surface area contributed by atoms with Crippen molar-refractivity contribution in [1.82, 2.24) is 0 Å². The fourth-order valence-corrected chi connectivity index (χ4v) is 2.30. The monoisotopic (exact) mass is 281 g/mol. The van der Waals surface area contributed by atoms with Crippen molar-refractivity contribution < 1.29 is 19.5 Å². The summed E-state index contributed by atoms with van der Waals surface area (Å²) >= 11 is 0. The molecule has 2 rings (SSSR count). The van der Waals surface area contributed by atoms with Crippen LogP contribution in [0.5, 0.6) is 5.75 Å². The van der Waals surface area contributed by atoms with Crippen LogP contribution < -0.4 is 4.74 Å². The molecule has 110 valence electrons. The summed E-state index contributed by atoms with van der Waals surface area (Å²) in [4.78, 5) is 10.3. The van der Waals surface area contributed by atoms with Crippen LogP contribution in [0.4, 0.5) is 5.69 Å². The normalized spacial score (nSPS) is 23.6. The van der Waals surface area contributed by atoms with Gasteiger partial charge in [-0.1, -0.05) is 0 Å². The van der Waals surface area contributed by atoms with Gasteiger partial charge in [0.2, 0.25) is 0 Å². The first-order chi connectivity index (χ1) is 9.47. The number of hydrogen-bond donors (Lipinski definition) is 1. The lowest BCUT2D eigenvalue weighted by molar-refractivity contribution is -0.385. The summed E-state index contributed by atoms with van der Waals surface area (Å²) in [6.07, 6.45) is 1.42. The molecule has 1 aromatic carbocycles. The lowest BCUT2D eigenvalue weighted by Crippen LogP contribution is -2.18. The molecule has 0 spiro atoms. The summed E-state index contributed by atoms with van der Waals surface area (Å²) < 4.78 is 11.3. The van der Waals surface area contributed by atoms with Gasteiger partial charge in [0.05, 0.1) is 23.2 Å².